The second-order valence-electron chi connectivity index (χ2n) is 7.17. The van der Waals surface area contributed by atoms with E-state index < -0.39 is 0 Å². The van der Waals surface area contributed by atoms with Crippen LogP contribution in [0.25, 0.3) is 10.8 Å². The first-order valence-corrected chi connectivity index (χ1v) is 10.2. The molecule has 0 saturated carbocycles. The Bertz CT molecular complexity index is 1230. The molecule has 0 spiro atoms. The lowest BCUT2D eigenvalue weighted by Gasteiger charge is -2.14. The lowest BCUT2D eigenvalue weighted by Crippen LogP contribution is -2.23. The molecule has 0 aliphatic rings. The smallest absolute Gasteiger partial charge is 0.217 e. The Labute approximate surface area is 185 Å². The highest BCUT2D eigenvalue weighted by Gasteiger charge is 2.09. The van der Waals surface area contributed by atoms with Crippen LogP contribution in [0.15, 0.2) is 79.1 Å². The molecule has 4 rings (SSSR count). The van der Waals surface area contributed by atoms with E-state index in [1.54, 1.807) is 42.7 Å². The second-order valence-corrected chi connectivity index (χ2v) is 7.58. The van der Waals surface area contributed by atoms with Crippen LogP contribution >= 0.6 is 11.6 Å². The molecule has 1 heterocycles. The zero-order chi connectivity index (χ0) is 21.8. The molecule has 156 valence electrons. The number of ether oxygens (including phenoxy) is 2. The average molecular weight is 433 g/mol. The molecule has 0 aliphatic carbocycles. The highest BCUT2D eigenvalue weighted by Crippen LogP contribution is 2.35. The summed E-state index contributed by atoms with van der Waals surface area (Å²) in [6, 6.07) is 20.7. The van der Waals surface area contributed by atoms with E-state index in [-0.39, 0.29) is 11.9 Å². The zero-order valence-corrected chi connectivity index (χ0v) is 17.9. The van der Waals surface area contributed by atoms with Crippen LogP contribution in [0.5, 0.6) is 23.0 Å². The highest BCUT2D eigenvalue weighted by molar-refractivity contribution is 6.32. The Morgan fingerprint density at radius 3 is 2.29 bits per heavy atom. The van der Waals surface area contributed by atoms with Crippen molar-refractivity contribution < 1.29 is 14.3 Å². The minimum atomic E-state index is -0.0514. The molecule has 31 heavy (non-hydrogen) atoms. The third-order valence-corrected chi connectivity index (χ3v) is 5.07. The molecule has 5 nitrogen and oxygen atoms in total. The Kier molecular flexibility index (Phi) is 6.05. The monoisotopic (exact) mass is 432 g/mol. The summed E-state index contributed by atoms with van der Waals surface area (Å²) in [7, 11) is 0. The third kappa shape index (κ3) is 5.13. The van der Waals surface area contributed by atoms with Crippen molar-refractivity contribution in [2.45, 2.75) is 19.9 Å². The van der Waals surface area contributed by atoms with Crippen LogP contribution in [-0.4, -0.2) is 10.9 Å². The number of pyridine rings is 1. The number of benzene rings is 3. The molecular weight excluding hydrogens is 412 g/mol. The van der Waals surface area contributed by atoms with Crippen LogP contribution in [0.4, 0.5) is 0 Å². The first kappa shape index (κ1) is 20.7. The van der Waals surface area contributed by atoms with Gasteiger partial charge in [-0.3, -0.25) is 9.78 Å². The van der Waals surface area contributed by atoms with Crippen LogP contribution in [0.3, 0.4) is 0 Å². The number of amides is 1. The minimum Gasteiger partial charge on any atom is -0.457 e. The van der Waals surface area contributed by atoms with E-state index in [4.69, 9.17) is 21.1 Å². The SMILES string of the molecule is CC(=O)NC(C)c1ccc2cc(Oc3ccc(Oc4ccncc4)cc3Cl)ccc2c1. The van der Waals surface area contributed by atoms with Gasteiger partial charge in [-0.25, -0.2) is 0 Å². The van der Waals surface area contributed by atoms with Crippen molar-refractivity contribution in [3.8, 4) is 23.0 Å². The number of rotatable bonds is 6. The number of halogens is 1. The van der Waals surface area contributed by atoms with Crippen molar-refractivity contribution in [2.24, 2.45) is 0 Å². The lowest BCUT2D eigenvalue weighted by atomic mass is 10.0. The second kappa shape index (κ2) is 9.06. The fourth-order valence-corrected chi connectivity index (χ4v) is 3.47. The summed E-state index contributed by atoms with van der Waals surface area (Å²) < 4.78 is 11.8. The number of aromatic nitrogens is 1. The first-order chi connectivity index (χ1) is 15.0. The summed E-state index contributed by atoms with van der Waals surface area (Å²) in [6.45, 7) is 3.48. The van der Waals surface area contributed by atoms with Gasteiger partial charge >= 0.3 is 0 Å². The zero-order valence-electron chi connectivity index (χ0n) is 17.1. The number of carbonyl (C=O) groups excluding carboxylic acids is 1. The van der Waals surface area contributed by atoms with Gasteiger partial charge in [0.15, 0.2) is 0 Å². The Morgan fingerprint density at radius 2 is 1.55 bits per heavy atom. The van der Waals surface area contributed by atoms with Crippen LogP contribution in [0.2, 0.25) is 5.02 Å². The molecule has 4 aromatic rings. The Balaban J connectivity index is 1.51. The van der Waals surface area contributed by atoms with Crippen molar-refractivity contribution in [3.05, 3.63) is 89.7 Å². The molecule has 0 saturated heterocycles. The number of nitrogens with zero attached hydrogens (tertiary/aromatic N) is 1. The molecule has 1 N–H and O–H groups in total. The van der Waals surface area contributed by atoms with Gasteiger partial charge in [-0.1, -0.05) is 29.8 Å². The van der Waals surface area contributed by atoms with Crippen LogP contribution in [0, 0.1) is 0 Å². The van der Waals surface area contributed by atoms with Gasteiger partial charge < -0.3 is 14.8 Å². The fraction of sp³-hybridized carbons (Fsp3) is 0.120. The Morgan fingerprint density at radius 1 is 0.871 bits per heavy atom. The molecule has 1 atom stereocenters. The highest BCUT2D eigenvalue weighted by atomic mass is 35.5. The van der Waals surface area contributed by atoms with Gasteiger partial charge in [-0.05, 0) is 65.7 Å². The maximum absolute atomic E-state index is 11.3. The van der Waals surface area contributed by atoms with Crippen LogP contribution < -0.4 is 14.8 Å². The van der Waals surface area contributed by atoms with Crippen molar-refractivity contribution >= 4 is 28.3 Å². The van der Waals surface area contributed by atoms with E-state index in [9.17, 15) is 4.79 Å². The average Bonchev–Trinajstić information content (AvgIpc) is 2.75. The molecule has 0 radical (unpaired) electrons. The quantitative estimate of drug-likeness (QED) is 0.369. The number of nitrogens with one attached hydrogen (secondary N) is 1. The predicted octanol–water partition coefficient (Wildman–Crippen LogP) is 6.67. The molecule has 0 fully saturated rings. The van der Waals surface area contributed by atoms with Crippen molar-refractivity contribution in [1.82, 2.24) is 10.3 Å². The molecule has 3 aromatic carbocycles. The van der Waals surface area contributed by atoms with E-state index in [1.807, 2.05) is 37.3 Å². The number of hydrogen-bond acceptors (Lipinski definition) is 4. The number of fused-ring (bicyclic) bond motifs is 1. The standard InChI is InChI=1S/C25H21ClN2O3/c1-16(28-17(2)29)18-3-4-20-14-22(6-5-19(20)13-18)31-25-8-7-23(15-24(25)26)30-21-9-11-27-12-10-21/h3-16H,1-2H3,(H,28,29). The van der Waals surface area contributed by atoms with E-state index in [0.717, 1.165) is 16.3 Å². The maximum Gasteiger partial charge on any atom is 0.217 e. The van der Waals surface area contributed by atoms with Crippen molar-refractivity contribution in [2.75, 3.05) is 0 Å². The minimum absolute atomic E-state index is 0.0505. The largest absolute Gasteiger partial charge is 0.457 e. The normalized spacial score (nSPS) is 11.7. The van der Waals surface area contributed by atoms with E-state index in [1.165, 1.54) is 6.92 Å². The van der Waals surface area contributed by atoms with Crippen LogP contribution in [0.1, 0.15) is 25.5 Å². The summed E-state index contributed by atoms with van der Waals surface area (Å²) in [5, 5.41) is 5.45. The summed E-state index contributed by atoms with van der Waals surface area (Å²) in [5.41, 5.74) is 1.05. The summed E-state index contributed by atoms with van der Waals surface area (Å²) in [4.78, 5) is 15.3. The summed E-state index contributed by atoms with van der Waals surface area (Å²) in [6.07, 6.45) is 3.33. The molecule has 1 aromatic heterocycles. The fourth-order valence-electron chi connectivity index (χ4n) is 3.26. The van der Waals surface area contributed by atoms with Gasteiger partial charge in [-0.15, -0.1) is 0 Å². The maximum atomic E-state index is 11.3. The molecular formula is C25H21ClN2O3. The van der Waals surface area contributed by atoms with Crippen molar-refractivity contribution in [1.29, 1.82) is 0 Å². The van der Waals surface area contributed by atoms with Gasteiger partial charge in [-0.2, -0.15) is 0 Å². The topological polar surface area (TPSA) is 60.5 Å². The van der Waals surface area contributed by atoms with E-state index in [0.29, 0.717) is 28.0 Å². The Hall–Kier alpha value is -3.57. The van der Waals surface area contributed by atoms with E-state index in [2.05, 4.69) is 16.4 Å². The summed E-state index contributed by atoms with van der Waals surface area (Å²) >= 11 is 6.41. The molecule has 1 amide bonds. The molecule has 0 aliphatic heterocycles. The van der Waals surface area contributed by atoms with Gasteiger partial charge in [0.25, 0.3) is 0 Å². The number of hydrogen-bond donors (Lipinski definition) is 1. The first-order valence-electron chi connectivity index (χ1n) is 9.84. The molecule has 6 heteroatoms. The van der Waals surface area contributed by atoms with Crippen molar-refractivity contribution in [3.63, 3.8) is 0 Å². The third-order valence-electron chi connectivity index (χ3n) is 4.77. The van der Waals surface area contributed by atoms with E-state index >= 15 is 0 Å². The summed E-state index contributed by atoms with van der Waals surface area (Å²) in [5.74, 6) is 2.47. The molecule has 1 unspecified atom stereocenters. The predicted molar refractivity (Wildman–Crippen MR) is 122 cm³/mol. The van der Waals surface area contributed by atoms with Crippen LogP contribution in [-0.2, 0) is 4.79 Å². The number of carbonyl (C=O) groups is 1. The van der Waals surface area contributed by atoms with Gasteiger partial charge in [0.05, 0.1) is 11.1 Å². The van der Waals surface area contributed by atoms with Gasteiger partial charge in [0.1, 0.15) is 23.0 Å². The molecule has 0 bridgehead atoms. The van der Waals surface area contributed by atoms with Gasteiger partial charge in [0.2, 0.25) is 5.91 Å². The lowest BCUT2D eigenvalue weighted by molar-refractivity contribution is -0.119. The van der Waals surface area contributed by atoms with Gasteiger partial charge in [0, 0.05) is 25.4 Å².